The van der Waals surface area contributed by atoms with Gasteiger partial charge in [0.1, 0.15) is 0 Å². The van der Waals surface area contributed by atoms with E-state index in [2.05, 4.69) is 4.74 Å². The molecule has 0 unspecified atom stereocenters. The second-order valence-electron chi connectivity index (χ2n) is 4.10. The van der Waals surface area contributed by atoms with Gasteiger partial charge in [-0.05, 0) is 24.3 Å². The third-order valence-corrected chi connectivity index (χ3v) is 2.69. The van der Waals surface area contributed by atoms with Crippen LogP contribution >= 0.6 is 0 Å². The summed E-state index contributed by atoms with van der Waals surface area (Å²) in [5, 5.41) is 0. The van der Waals surface area contributed by atoms with E-state index < -0.39 is 5.97 Å². The number of rotatable bonds is 4. The van der Waals surface area contributed by atoms with E-state index in [4.69, 9.17) is 0 Å². The Bertz CT molecular complexity index is 402. The zero-order valence-electron chi connectivity index (χ0n) is 9.23. The molecule has 0 radical (unpaired) electrons. The van der Waals surface area contributed by atoms with Gasteiger partial charge in [-0.2, -0.15) is 0 Å². The third kappa shape index (κ3) is 2.69. The second-order valence-corrected chi connectivity index (χ2v) is 4.10. The molecule has 1 aliphatic rings. The van der Waals surface area contributed by atoms with Crippen molar-refractivity contribution in [2.45, 2.75) is 25.7 Å². The normalized spacial score (nSPS) is 14.6. The van der Waals surface area contributed by atoms with Crippen molar-refractivity contribution in [3.05, 3.63) is 35.4 Å². The Balaban J connectivity index is 1.97. The molecule has 2 rings (SSSR count). The van der Waals surface area contributed by atoms with E-state index in [1.54, 1.807) is 12.1 Å². The van der Waals surface area contributed by atoms with Crippen LogP contribution in [-0.4, -0.2) is 18.4 Å². The highest BCUT2D eigenvalue weighted by Crippen LogP contribution is 2.39. The highest BCUT2D eigenvalue weighted by atomic mass is 16.5. The van der Waals surface area contributed by atoms with Crippen LogP contribution in [0.3, 0.4) is 0 Å². The van der Waals surface area contributed by atoms with Crippen molar-refractivity contribution in [3.63, 3.8) is 0 Å². The van der Waals surface area contributed by atoms with Gasteiger partial charge in [-0.15, -0.1) is 0 Å². The van der Waals surface area contributed by atoms with Crippen molar-refractivity contribution in [1.82, 2.24) is 0 Å². The Morgan fingerprint density at radius 3 is 2.38 bits per heavy atom. The minimum Gasteiger partial charge on any atom is -0.457 e. The van der Waals surface area contributed by atoms with Gasteiger partial charge in [-0.3, -0.25) is 9.59 Å². The summed E-state index contributed by atoms with van der Waals surface area (Å²) in [5.41, 5.74) is 1.90. The zero-order chi connectivity index (χ0) is 11.5. The third-order valence-electron chi connectivity index (χ3n) is 2.69. The molecule has 0 saturated heterocycles. The van der Waals surface area contributed by atoms with Crippen LogP contribution in [0.15, 0.2) is 24.3 Å². The molecule has 0 amide bonds. The smallest absolute Gasteiger partial charge is 0.303 e. The number of esters is 1. The molecule has 3 heteroatoms. The lowest BCUT2D eigenvalue weighted by Crippen LogP contribution is -2.11. The van der Waals surface area contributed by atoms with E-state index in [0.29, 0.717) is 11.5 Å². The summed E-state index contributed by atoms with van der Waals surface area (Å²) in [6.07, 6.45) is 2.50. The largest absolute Gasteiger partial charge is 0.457 e. The number of carbonyl (C=O) groups is 2. The van der Waals surface area contributed by atoms with Gasteiger partial charge in [-0.25, -0.2) is 0 Å². The first kappa shape index (κ1) is 10.9. The van der Waals surface area contributed by atoms with Crippen LogP contribution in [0.5, 0.6) is 0 Å². The second kappa shape index (κ2) is 4.47. The Hall–Kier alpha value is -1.64. The maximum absolute atomic E-state index is 11.6. The standard InChI is InChI=1S/C13H14O3/c1-9(14)16-8-13(15)12-6-4-11(5-7-12)10-2-3-10/h4-7,10H,2-3,8H2,1H3. The van der Waals surface area contributed by atoms with E-state index in [0.717, 1.165) is 0 Å². The molecule has 0 heterocycles. The molecule has 0 spiro atoms. The van der Waals surface area contributed by atoms with E-state index in [-0.39, 0.29) is 12.4 Å². The van der Waals surface area contributed by atoms with Crippen molar-refractivity contribution in [1.29, 1.82) is 0 Å². The lowest BCUT2D eigenvalue weighted by molar-refractivity contribution is -0.139. The number of carbonyl (C=O) groups excluding carboxylic acids is 2. The van der Waals surface area contributed by atoms with Crippen LogP contribution in [0.2, 0.25) is 0 Å². The number of Topliss-reactive ketones (excluding diaryl/α,β-unsaturated/α-hetero) is 1. The molecule has 0 atom stereocenters. The quantitative estimate of drug-likeness (QED) is 0.575. The first-order valence-corrected chi connectivity index (χ1v) is 5.43. The summed E-state index contributed by atoms with van der Waals surface area (Å²) < 4.78 is 4.66. The minimum absolute atomic E-state index is 0.155. The summed E-state index contributed by atoms with van der Waals surface area (Å²) >= 11 is 0. The van der Waals surface area contributed by atoms with Gasteiger partial charge in [0.05, 0.1) is 0 Å². The van der Waals surface area contributed by atoms with Crippen LogP contribution in [0, 0.1) is 0 Å². The molecule has 1 aliphatic carbocycles. The van der Waals surface area contributed by atoms with Crippen molar-refractivity contribution >= 4 is 11.8 Å². The van der Waals surface area contributed by atoms with Gasteiger partial charge in [0, 0.05) is 12.5 Å². The molecule has 84 valence electrons. The van der Waals surface area contributed by atoms with Gasteiger partial charge >= 0.3 is 5.97 Å². The molecule has 3 nitrogen and oxygen atoms in total. The van der Waals surface area contributed by atoms with E-state index in [1.165, 1.54) is 25.3 Å². The van der Waals surface area contributed by atoms with Crippen molar-refractivity contribution in [2.75, 3.05) is 6.61 Å². The fraction of sp³-hybridized carbons (Fsp3) is 0.385. The Kier molecular flexibility index (Phi) is 3.04. The molecule has 0 bridgehead atoms. The Labute approximate surface area is 94.4 Å². The van der Waals surface area contributed by atoms with Crippen molar-refractivity contribution in [3.8, 4) is 0 Å². The van der Waals surface area contributed by atoms with Gasteiger partial charge in [0.15, 0.2) is 12.4 Å². The molecule has 1 aromatic carbocycles. The van der Waals surface area contributed by atoms with Gasteiger partial charge in [0.2, 0.25) is 0 Å². The molecule has 16 heavy (non-hydrogen) atoms. The maximum Gasteiger partial charge on any atom is 0.303 e. The van der Waals surface area contributed by atoms with E-state index >= 15 is 0 Å². The Morgan fingerprint density at radius 2 is 1.88 bits per heavy atom. The first-order chi connectivity index (χ1) is 7.66. The monoisotopic (exact) mass is 218 g/mol. The van der Waals surface area contributed by atoms with Crippen LogP contribution < -0.4 is 0 Å². The predicted molar refractivity (Wildman–Crippen MR) is 59.4 cm³/mol. The average molecular weight is 218 g/mol. The molecule has 0 N–H and O–H groups in total. The number of ether oxygens (including phenoxy) is 1. The molecule has 0 aromatic heterocycles. The fourth-order valence-corrected chi connectivity index (χ4v) is 1.61. The fourth-order valence-electron chi connectivity index (χ4n) is 1.61. The number of hydrogen-bond donors (Lipinski definition) is 0. The molecular weight excluding hydrogens is 204 g/mol. The average Bonchev–Trinajstić information content (AvgIpc) is 3.10. The lowest BCUT2D eigenvalue weighted by atomic mass is 10.1. The summed E-state index contributed by atoms with van der Waals surface area (Å²) in [4.78, 5) is 22.1. The number of benzene rings is 1. The summed E-state index contributed by atoms with van der Waals surface area (Å²) in [7, 11) is 0. The lowest BCUT2D eigenvalue weighted by Gasteiger charge is -2.03. The molecular formula is C13H14O3. The molecule has 1 saturated carbocycles. The minimum atomic E-state index is -0.428. The van der Waals surface area contributed by atoms with E-state index in [1.807, 2.05) is 12.1 Å². The predicted octanol–water partition coefficient (Wildman–Crippen LogP) is 2.31. The zero-order valence-corrected chi connectivity index (χ0v) is 9.23. The molecule has 1 fully saturated rings. The van der Waals surface area contributed by atoms with Crippen LogP contribution in [-0.2, 0) is 9.53 Å². The SMILES string of the molecule is CC(=O)OCC(=O)c1ccc(C2CC2)cc1. The van der Waals surface area contributed by atoms with Crippen LogP contribution in [0.25, 0.3) is 0 Å². The van der Waals surface area contributed by atoms with Crippen molar-refractivity contribution in [2.24, 2.45) is 0 Å². The summed E-state index contributed by atoms with van der Waals surface area (Å²) in [5.74, 6) is 0.109. The van der Waals surface area contributed by atoms with Crippen molar-refractivity contribution < 1.29 is 14.3 Å². The van der Waals surface area contributed by atoms with Gasteiger partial charge in [0.25, 0.3) is 0 Å². The van der Waals surface area contributed by atoms with Crippen LogP contribution in [0.4, 0.5) is 0 Å². The van der Waals surface area contributed by atoms with E-state index in [9.17, 15) is 9.59 Å². The molecule has 1 aromatic rings. The maximum atomic E-state index is 11.6. The Morgan fingerprint density at radius 1 is 1.25 bits per heavy atom. The van der Waals surface area contributed by atoms with Crippen LogP contribution in [0.1, 0.15) is 41.6 Å². The topological polar surface area (TPSA) is 43.4 Å². The van der Waals surface area contributed by atoms with Gasteiger partial charge in [-0.1, -0.05) is 24.3 Å². The number of hydrogen-bond acceptors (Lipinski definition) is 3. The highest BCUT2D eigenvalue weighted by Gasteiger charge is 2.23. The highest BCUT2D eigenvalue weighted by molar-refractivity contribution is 5.97. The molecule has 0 aliphatic heterocycles. The van der Waals surface area contributed by atoms with Gasteiger partial charge < -0.3 is 4.74 Å². The summed E-state index contributed by atoms with van der Waals surface area (Å²) in [6.45, 7) is 1.13. The summed E-state index contributed by atoms with van der Waals surface area (Å²) in [6, 6.07) is 7.58. The first-order valence-electron chi connectivity index (χ1n) is 5.43. The number of ketones is 1.